The first-order chi connectivity index (χ1) is 14.5. The van der Waals surface area contributed by atoms with Crippen molar-refractivity contribution in [1.29, 1.82) is 0 Å². The van der Waals surface area contributed by atoms with Gasteiger partial charge >= 0.3 is 11.9 Å². The number of amides is 1. The molecule has 3 heterocycles. The van der Waals surface area contributed by atoms with E-state index >= 15 is 0 Å². The number of hydrogen-bond donors (Lipinski definition) is 1. The minimum absolute atomic E-state index is 0.215. The Morgan fingerprint density at radius 3 is 2.67 bits per heavy atom. The molecule has 0 aliphatic carbocycles. The summed E-state index contributed by atoms with van der Waals surface area (Å²) in [6, 6.07) is 6.98. The summed E-state index contributed by atoms with van der Waals surface area (Å²) in [5.41, 5.74) is 1.28. The molecule has 156 valence electrons. The number of carbonyl (C=O) groups excluding carboxylic acids is 3. The van der Waals surface area contributed by atoms with E-state index in [4.69, 9.17) is 9.47 Å². The fourth-order valence-corrected chi connectivity index (χ4v) is 4.87. The molecule has 3 aromatic rings. The molecule has 0 aromatic carbocycles. The number of ether oxygens (including phenoxy) is 2. The maximum absolute atomic E-state index is 12.5. The van der Waals surface area contributed by atoms with Crippen LogP contribution in [0.15, 0.2) is 46.2 Å². The van der Waals surface area contributed by atoms with E-state index in [9.17, 15) is 14.4 Å². The van der Waals surface area contributed by atoms with Crippen molar-refractivity contribution in [1.82, 2.24) is 4.98 Å². The van der Waals surface area contributed by atoms with Crippen molar-refractivity contribution >= 4 is 57.3 Å². The van der Waals surface area contributed by atoms with Crippen LogP contribution in [0.1, 0.15) is 27.6 Å². The summed E-state index contributed by atoms with van der Waals surface area (Å²) >= 11 is 4.01. The first kappa shape index (κ1) is 22.0. The van der Waals surface area contributed by atoms with Crippen LogP contribution in [-0.4, -0.2) is 42.3 Å². The molecule has 1 N–H and O–H groups in total. The Kier molecular flexibility index (Phi) is 7.61. The molecule has 0 aliphatic heterocycles. The zero-order chi connectivity index (χ0) is 21.5. The molecule has 0 radical (unpaired) electrons. The molecule has 0 bridgehead atoms. The van der Waals surface area contributed by atoms with Gasteiger partial charge < -0.3 is 14.8 Å². The van der Waals surface area contributed by atoms with E-state index in [2.05, 4.69) is 10.3 Å². The predicted octanol–water partition coefficient (Wildman–Crippen LogP) is 4.57. The van der Waals surface area contributed by atoms with Crippen molar-refractivity contribution < 1.29 is 23.9 Å². The highest BCUT2D eigenvalue weighted by Gasteiger charge is 2.24. The summed E-state index contributed by atoms with van der Waals surface area (Å²) in [5.74, 6) is -1.71. The highest BCUT2D eigenvalue weighted by Crippen LogP contribution is 2.38. The van der Waals surface area contributed by atoms with Crippen LogP contribution in [0.3, 0.4) is 0 Å². The van der Waals surface area contributed by atoms with Crippen molar-refractivity contribution in [2.24, 2.45) is 0 Å². The van der Waals surface area contributed by atoms with Gasteiger partial charge in [-0.15, -0.1) is 34.4 Å². The average Bonchev–Trinajstić information content (AvgIpc) is 3.42. The number of thioether (sulfide) groups is 1. The average molecular weight is 463 g/mol. The summed E-state index contributed by atoms with van der Waals surface area (Å²) in [6.45, 7) is 1.44. The van der Waals surface area contributed by atoms with Crippen LogP contribution in [-0.2, 0) is 14.3 Å². The lowest BCUT2D eigenvalue weighted by Gasteiger charge is -2.09. The highest BCUT2D eigenvalue weighted by molar-refractivity contribution is 7.98. The van der Waals surface area contributed by atoms with Gasteiger partial charge in [0.1, 0.15) is 15.6 Å². The maximum Gasteiger partial charge on any atom is 0.341 e. The van der Waals surface area contributed by atoms with Gasteiger partial charge in [0.25, 0.3) is 5.91 Å². The molecule has 0 unspecified atom stereocenters. The van der Waals surface area contributed by atoms with Gasteiger partial charge in [-0.3, -0.25) is 4.79 Å². The number of nitrogens with zero attached hydrogens (tertiary/aromatic N) is 1. The second kappa shape index (κ2) is 10.4. The number of aromatic nitrogens is 1. The van der Waals surface area contributed by atoms with Crippen LogP contribution in [0.5, 0.6) is 0 Å². The van der Waals surface area contributed by atoms with Gasteiger partial charge in [-0.25, -0.2) is 14.6 Å². The van der Waals surface area contributed by atoms with Gasteiger partial charge in [-0.05, 0) is 36.8 Å². The molecule has 0 spiro atoms. The largest absolute Gasteiger partial charge is 0.462 e. The lowest BCUT2D eigenvalue weighted by atomic mass is 10.1. The molecule has 0 aliphatic rings. The number of nitrogens with one attached hydrogen (secondary N) is 1. The SMILES string of the molecule is CCOC(=O)c1c(-c2cccs2)csc1NC(=O)COC(=O)c1cccnc1SC. The minimum atomic E-state index is -0.640. The van der Waals surface area contributed by atoms with Gasteiger partial charge in [0.05, 0.1) is 12.2 Å². The molecular formula is C20H18N2O5S3. The first-order valence-electron chi connectivity index (χ1n) is 8.83. The third-order valence-corrected chi connectivity index (χ3v) is 6.34. The molecule has 10 heteroatoms. The molecule has 30 heavy (non-hydrogen) atoms. The molecule has 1 amide bonds. The van der Waals surface area contributed by atoms with E-state index in [-0.39, 0.29) is 6.61 Å². The van der Waals surface area contributed by atoms with Crippen molar-refractivity contribution in [3.05, 3.63) is 52.3 Å². The van der Waals surface area contributed by atoms with Crippen molar-refractivity contribution in [2.75, 3.05) is 24.8 Å². The summed E-state index contributed by atoms with van der Waals surface area (Å²) < 4.78 is 10.3. The van der Waals surface area contributed by atoms with Crippen LogP contribution in [0.4, 0.5) is 5.00 Å². The van der Waals surface area contributed by atoms with Crippen LogP contribution in [0.2, 0.25) is 0 Å². The smallest absolute Gasteiger partial charge is 0.341 e. The van der Waals surface area contributed by atoms with Crippen LogP contribution < -0.4 is 5.32 Å². The summed E-state index contributed by atoms with van der Waals surface area (Å²) in [5, 5.41) is 7.22. The standard InChI is InChI=1S/C20H18N2O5S3/c1-3-26-20(25)16-13(14-7-5-9-29-14)11-30-18(16)22-15(23)10-27-19(24)12-6-4-8-21-17(12)28-2/h4-9,11H,3,10H2,1-2H3,(H,22,23). The van der Waals surface area contributed by atoms with Crippen molar-refractivity contribution in [3.63, 3.8) is 0 Å². The van der Waals surface area contributed by atoms with E-state index in [1.54, 1.807) is 36.9 Å². The molecule has 7 nitrogen and oxygen atoms in total. The van der Waals surface area contributed by atoms with Gasteiger partial charge in [0, 0.05) is 22.0 Å². The van der Waals surface area contributed by atoms with Crippen molar-refractivity contribution in [2.45, 2.75) is 11.9 Å². The van der Waals surface area contributed by atoms with Crippen molar-refractivity contribution in [3.8, 4) is 10.4 Å². The van der Waals surface area contributed by atoms with Crippen LogP contribution in [0.25, 0.3) is 10.4 Å². The number of hydrogen-bond acceptors (Lipinski definition) is 9. The van der Waals surface area contributed by atoms with Gasteiger partial charge in [0.2, 0.25) is 0 Å². The normalized spacial score (nSPS) is 10.5. The monoisotopic (exact) mass is 462 g/mol. The third-order valence-electron chi connectivity index (χ3n) is 3.83. The highest BCUT2D eigenvalue weighted by atomic mass is 32.2. The summed E-state index contributed by atoms with van der Waals surface area (Å²) in [7, 11) is 0. The number of rotatable bonds is 8. The zero-order valence-corrected chi connectivity index (χ0v) is 18.6. The van der Waals surface area contributed by atoms with Gasteiger partial charge in [-0.2, -0.15) is 0 Å². The zero-order valence-electron chi connectivity index (χ0n) is 16.2. The quantitative estimate of drug-likeness (QED) is 0.387. The Bertz CT molecular complexity index is 1050. The second-order valence-electron chi connectivity index (χ2n) is 5.74. The molecule has 0 atom stereocenters. The van der Waals surface area contributed by atoms with E-state index in [0.717, 1.165) is 4.88 Å². The van der Waals surface area contributed by atoms with Crippen LogP contribution >= 0.6 is 34.4 Å². The van der Waals surface area contributed by atoms with Gasteiger partial charge in [0.15, 0.2) is 6.61 Å². The molecule has 0 fully saturated rings. The van der Waals surface area contributed by atoms with Crippen LogP contribution in [0, 0.1) is 0 Å². The van der Waals surface area contributed by atoms with Gasteiger partial charge in [-0.1, -0.05) is 6.07 Å². The molecule has 3 aromatic heterocycles. The van der Waals surface area contributed by atoms with E-state index < -0.39 is 24.5 Å². The Labute approximate surface area is 185 Å². The Morgan fingerprint density at radius 1 is 1.13 bits per heavy atom. The van der Waals surface area contributed by atoms with E-state index in [1.807, 2.05) is 17.5 Å². The molecular weight excluding hydrogens is 444 g/mol. The fourth-order valence-electron chi connectivity index (χ4n) is 2.55. The molecule has 0 saturated carbocycles. The third kappa shape index (κ3) is 5.07. The predicted molar refractivity (Wildman–Crippen MR) is 119 cm³/mol. The number of thiophene rings is 2. The second-order valence-corrected chi connectivity index (χ2v) is 8.36. The Balaban J connectivity index is 1.72. The Morgan fingerprint density at radius 2 is 1.97 bits per heavy atom. The lowest BCUT2D eigenvalue weighted by molar-refractivity contribution is -0.119. The summed E-state index contributed by atoms with van der Waals surface area (Å²) in [4.78, 5) is 42.1. The van der Waals surface area contributed by atoms with E-state index in [1.165, 1.54) is 34.4 Å². The number of pyridine rings is 1. The topological polar surface area (TPSA) is 94.6 Å². The summed E-state index contributed by atoms with van der Waals surface area (Å²) in [6.07, 6.45) is 3.37. The first-order valence-corrected chi connectivity index (χ1v) is 11.8. The fraction of sp³-hybridized carbons (Fsp3) is 0.200. The number of esters is 2. The Hall–Kier alpha value is -2.69. The molecule has 3 rings (SSSR count). The minimum Gasteiger partial charge on any atom is -0.462 e. The molecule has 0 saturated heterocycles. The van der Waals surface area contributed by atoms with E-state index in [0.29, 0.717) is 26.7 Å². The number of anilines is 1. The maximum atomic E-state index is 12.5. The number of carbonyl (C=O) groups is 3. The lowest BCUT2D eigenvalue weighted by Crippen LogP contribution is -2.22.